The van der Waals surface area contributed by atoms with Gasteiger partial charge in [0.05, 0.1) is 6.54 Å². The van der Waals surface area contributed by atoms with Crippen LogP contribution in [0.5, 0.6) is 5.75 Å². The molecule has 1 heterocycles. The van der Waals surface area contributed by atoms with Crippen LogP contribution in [-0.4, -0.2) is 27.1 Å². The Morgan fingerprint density at radius 1 is 1.22 bits per heavy atom. The minimum atomic E-state index is 0.331. The van der Waals surface area contributed by atoms with Crippen molar-refractivity contribution in [2.45, 2.75) is 65.8 Å². The smallest absolute Gasteiger partial charge is 0.240 e. The van der Waals surface area contributed by atoms with Gasteiger partial charge in [-0.1, -0.05) is 11.2 Å². The van der Waals surface area contributed by atoms with E-state index in [9.17, 15) is 0 Å². The number of benzene rings is 1. The predicted octanol–water partition coefficient (Wildman–Crippen LogP) is 3.64. The first-order chi connectivity index (χ1) is 11.0. The molecule has 0 atom stereocenters. The van der Waals surface area contributed by atoms with Gasteiger partial charge in [0.25, 0.3) is 0 Å². The van der Waals surface area contributed by atoms with Crippen molar-refractivity contribution in [2.75, 3.05) is 0 Å². The Labute approximate surface area is 137 Å². The molecule has 3 rings (SSSR count). The van der Waals surface area contributed by atoms with Crippen LogP contribution in [0.1, 0.15) is 49.5 Å². The quantitative estimate of drug-likeness (QED) is 0.781. The van der Waals surface area contributed by atoms with Crippen LogP contribution in [0.3, 0.4) is 0 Å². The molecule has 1 saturated carbocycles. The lowest BCUT2D eigenvalue weighted by Gasteiger charge is -2.24. The predicted molar refractivity (Wildman–Crippen MR) is 88.2 cm³/mol. The molecule has 5 nitrogen and oxygen atoms in total. The molecule has 1 aromatic carbocycles. The lowest BCUT2D eigenvalue weighted by Crippen LogP contribution is -2.32. The highest BCUT2D eigenvalue weighted by Gasteiger charge is 2.31. The number of hydrogen-bond donors (Lipinski definition) is 0. The monoisotopic (exact) mass is 315 g/mol. The fourth-order valence-corrected chi connectivity index (χ4v) is 2.87. The van der Waals surface area contributed by atoms with Crippen LogP contribution < -0.4 is 4.74 Å². The molecule has 0 amide bonds. The van der Waals surface area contributed by atoms with E-state index in [1.807, 2.05) is 12.1 Å². The fourth-order valence-electron chi connectivity index (χ4n) is 2.87. The molecule has 0 saturated heterocycles. The molecule has 1 fully saturated rings. The van der Waals surface area contributed by atoms with Crippen molar-refractivity contribution in [1.82, 2.24) is 15.0 Å². The highest BCUT2D eigenvalue weighted by atomic mass is 16.5. The molecular formula is C18H25N3O2. The van der Waals surface area contributed by atoms with E-state index in [0.717, 1.165) is 12.3 Å². The van der Waals surface area contributed by atoms with Crippen LogP contribution in [0, 0.1) is 13.8 Å². The third kappa shape index (κ3) is 4.32. The summed E-state index contributed by atoms with van der Waals surface area (Å²) in [4.78, 5) is 6.88. The van der Waals surface area contributed by atoms with Gasteiger partial charge in [-0.2, -0.15) is 4.98 Å². The maximum Gasteiger partial charge on any atom is 0.240 e. The molecule has 0 unspecified atom stereocenters. The second kappa shape index (κ2) is 6.71. The average Bonchev–Trinajstić information content (AvgIpc) is 3.21. The second-order valence-electron chi connectivity index (χ2n) is 6.71. The zero-order chi connectivity index (χ0) is 16.4. The SMILES string of the molecule is Cc1cc(C)cc(OCc2noc(CN(C(C)C)C3CC3)n2)c1. The lowest BCUT2D eigenvalue weighted by atomic mass is 10.1. The zero-order valence-electron chi connectivity index (χ0n) is 14.4. The highest BCUT2D eigenvalue weighted by molar-refractivity contribution is 5.33. The van der Waals surface area contributed by atoms with Crippen molar-refractivity contribution in [3.63, 3.8) is 0 Å². The summed E-state index contributed by atoms with van der Waals surface area (Å²) in [5.41, 5.74) is 2.37. The van der Waals surface area contributed by atoms with E-state index in [-0.39, 0.29) is 0 Å². The minimum Gasteiger partial charge on any atom is -0.485 e. The third-order valence-electron chi connectivity index (χ3n) is 4.07. The Morgan fingerprint density at radius 2 is 1.91 bits per heavy atom. The van der Waals surface area contributed by atoms with E-state index in [0.29, 0.717) is 30.4 Å². The molecule has 0 radical (unpaired) electrons. The largest absolute Gasteiger partial charge is 0.485 e. The van der Waals surface area contributed by atoms with Gasteiger partial charge >= 0.3 is 0 Å². The summed E-state index contributed by atoms with van der Waals surface area (Å²) in [6, 6.07) is 7.32. The van der Waals surface area contributed by atoms with Gasteiger partial charge in [-0.3, -0.25) is 4.90 Å². The molecule has 1 aromatic heterocycles. The van der Waals surface area contributed by atoms with Crippen molar-refractivity contribution < 1.29 is 9.26 Å². The molecule has 2 aromatic rings. The maximum absolute atomic E-state index is 5.78. The Balaban J connectivity index is 1.58. The standard InChI is InChI=1S/C18H25N3O2/c1-12(2)21(15-5-6-15)10-18-19-17(20-23-18)11-22-16-8-13(3)7-14(4)9-16/h7-9,12,15H,5-6,10-11H2,1-4H3. The van der Waals surface area contributed by atoms with Crippen molar-refractivity contribution in [3.05, 3.63) is 41.0 Å². The number of nitrogens with zero attached hydrogens (tertiary/aromatic N) is 3. The molecule has 0 N–H and O–H groups in total. The highest BCUT2D eigenvalue weighted by Crippen LogP contribution is 2.29. The molecule has 124 valence electrons. The van der Waals surface area contributed by atoms with Crippen LogP contribution >= 0.6 is 0 Å². The normalized spacial score (nSPS) is 14.7. The van der Waals surface area contributed by atoms with Gasteiger partial charge in [-0.05, 0) is 63.8 Å². The molecular weight excluding hydrogens is 290 g/mol. The van der Waals surface area contributed by atoms with Crippen molar-refractivity contribution in [1.29, 1.82) is 0 Å². The fraction of sp³-hybridized carbons (Fsp3) is 0.556. The molecule has 0 spiro atoms. The van der Waals surface area contributed by atoms with E-state index in [2.05, 4.69) is 48.8 Å². The summed E-state index contributed by atoms with van der Waals surface area (Å²) >= 11 is 0. The molecule has 1 aliphatic rings. The van der Waals surface area contributed by atoms with Gasteiger partial charge in [0.15, 0.2) is 6.61 Å². The Hall–Kier alpha value is -1.88. The van der Waals surface area contributed by atoms with Crippen molar-refractivity contribution in [2.24, 2.45) is 0 Å². The summed E-state index contributed by atoms with van der Waals surface area (Å²) in [6.45, 7) is 9.59. The Kier molecular flexibility index (Phi) is 4.66. The van der Waals surface area contributed by atoms with E-state index in [1.54, 1.807) is 0 Å². The number of rotatable bonds is 7. The first-order valence-electron chi connectivity index (χ1n) is 8.29. The van der Waals surface area contributed by atoms with Gasteiger partial charge in [-0.15, -0.1) is 0 Å². The van der Waals surface area contributed by atoms with Gasteiger partial charge in [0.2, 0.25) is 11.7 Å². The van der Waals surface area contributed by atoms with E-state index >= 15 is 0 Å². The van der Waals surface area contributed by atoms with Gasteiger partial charge < -0.3 is 9.26 Å². The summed E-state index contributed by atoms with van der Waals surface area (Å²) in [7, 11) is 0. The summed E-state index contributed by atoms with van der Waals surface area (Å²) in [5, 5.41) is 4.03. The Bertz CT molecular complexity index is 640. The molecule has 0 aliphatic heterocycles. The summed E-state index contributed by atoms with van der Waals surface area (Å²) < 4.78 is 11.2. The van der Waals surface area contributed by atoms with E-state index in [4.69, 9.17) is 9.26 Å². The third-order valence-corrected chi connectivity index (χ3v) is 4.07. The Morgan fingerprint density at radius 3 is 2.52 bits per heavy atom. The average molecular weight is 315 g/mol. The van der Waals surface area contributed by atoms with Gasteiger partial charge in [0.1, 0.15) is 5.75 Å². The van der Waals surface area contributed by atoms with Crippen LogP contribution in [-0.2, 0) is 13.2 Å². The first-order valence-corrected chi connectivity index (χ1v) is 8.29. The number of aromatic nitrogens is 2. The lowest BCUT2D eigenvalue weighted by molar-refractivity contribution is 0.175. The van der Waals surface area contributed by atoms with E-state index < -0.39 is 0 Å². The van der Waals surface area contributed by atoms with Crippen molar-refractivity contribution >= 4 is 0 Å². The number of ether oxygens (including phenoxy) is 1. The topological polar surface area (TPSA) is 51.4 Å². The summed E-state index contributed by atoms with van der Waals surface area (Å²) in [5.74, 6) is 2.11. The van der Waals surface area contributed by atoms with Gasteiger partial charge in [-0.25, -0.2) is 0 Å². The van der Waals surface area contributed by atoms with Gasteiger partial charge in [0, 0.05) is 12.1 Å². The number of aryl methyl sites for hydroxylation is 2. The first kappa shape index (κ1) is 16.0. The number of hydrogen-bond acceptors (Lipinski definition) is 5. The molecule has 1 aliphatic carbocycles. The maximum atomic E-state index is 5.78. The van der Waals surface area contributed by atoms with Crippen LogP contribution in [0.4, 0.5) is 0 Å². The van der Waals surface area contributed by atoms with E-state index in [1.165, 1.54) is 24.0 Å². The van der Waals surface area contributed by atoms with Crippen LogP contribution in [0.15, 0.2) is 22.7 Å². The minimum absolute atomic E-state index is 0.331. The molecule has 0 bridgehead atoms. The second-order valence-corrected chi connectivity index (χ2v) is 6.71. The molecule has 5 heteroatoms. The zero-order valence-corrected chi connectivity index (χ0v) is 14.4. The van der Waals surface area contributed by atoms with Crippen LogP contribution in [0.2, 0.25) is 0 Å². The van der Waals surface area contributed by atoms with Crippen molar-refractivity contribution in [3.8, 4) is 5.75 Å². The van der Waals surface area contributed by atoms with Crippen LogP contribution in [0.25, 0.3) is 0 Å². The summed E-state index contributed by atoms with van der Waals surface area (Å²) in [6.07, 6.45) is 2.55. The molecule has 23 heavy (non-hydrogen) atoms.